The lowest BCUT2D eigenvalue weighted by molar-refractivity contribution is 0.339. The van der Waals surface area contributed by atoms with E-state index in [-0.39, 0.29) is 0 Å². The summed E-state index contributed by atoms with van der Waals surface area (Å²) in [6.45, 7) is 10.4. The third-order valence-electron chi connectivity index (χ3n) is 3.02. The van der Waals surface area contributed by atoms with Crippen molar-refractivity contribution in [3.05, 3.63) is 29.8 Å². The summed E-state index contributed by atoms with van der Waals surface area (Å²) < 4.78 is 5.50. The maximum absolute atomic E-state index is 5.50. The molecule has 0 aliphatic heterocycles. The van der Waals surface area contributed by atoms with Gasteiger partial charge in [0.15, 0.2) is 0 Å². The van der Waals surface area contributed by atoms with Crippen LogP contribution < -0.4 is 10.1 Å². The molecule has 1 aromatic rings. The van der Waals surface area contributed by atoms with E-state index < -0.39 is 0 Å². The monoisotopic (exact) mass is 235 g/mol. The molecule has 0 spiro atoms. The number of nitrogens with one attached hydrogen (secondary N) is 1. The van der Waals surface area contributed by atoms with Crippen LogP contribution >= 0.6 is 0 Å². The predicted octanol–water partition coefficient (Wildman–Crippen LogP) is 3.61. The van der Waals surface area contributed by atoms with Crippen molar-refractivity contribution in [3.63, 3.8) is 0 Å². The summed E-state index contributed by atoms with van der Waals surface area (Å²) >= 11 is 0. The maximum atomic E-state index is 5.50. The van der Waals surface area contributed by atoms with Gasteiger partial charge in [-0.25, -0.2) is 0 Å². The minimum absolute atomic E-state index is 0.589. The van der Waals surface area contributed by atoms with Crippen molar-refractivity contribution in [1.82, 2.24) is 5.32 Å². The van der Waals surface area contributed by atoms with Crippen LogP contribution in [0.3, 0.4) is 0 Å². The smallest absolute Gasteiger partial charge is 0.119 e. The fraction of sp³-hybridized carbons (Fsp3) is 0.600. The minimum atomic E-state index is 0.589. The fourth-order valence-electron chi connectivity index (χ4n) is 2.01. The summed E-state index contributed by atoms with van der Waals surface area (Å²) in [6, 6.07) is 8.91. The molecule has 1 unspecified atom stereocenters. The molecule has 0 aliphatic carbocycles. The molecule has 0 amide bonds. The summed E-state index contributed by atoms with van der Waals surface area (Å²) in [7, 11) is 0. The van der Waals surface area contributed by atoms with Crippen molar-refractivity contribution in [2.45, 2.75) is 46.7 Å². The highest BCUT2D eigenvalue weighted by Crippen LogP contribution is 2.14. The molecule has 96 valence electrons. The molecular weight excluding hydrogens is 210 g/mol. The minimum Gasteiger partial charge on any atom is -0.494 e. The molecule has 1 aromatic carbocycles. The Hall–Kier alpha value is -1.02. The van der Waals surface area contributed by atoms with Crippen LogP contribution in [0.5, 0.6) is 5.75 Å². The molecule has 0 aromatic heterocycles. The number of rotatable bonds is 7. The largest absolute Gasteiger partial charge is 0.494 e. The molecule has 1 atom stereocenters. The lowest BCUT2D eigenvalue weighted by Gasteiger charge is -2.20. The second-order valence-corrected chi connectivity index (χ2v) is 4.72. The number of benzene rings is 1. The van der Waals surface area contributed by atoms with Gasteiger partial charge >= 0.3 is 0 Å². The van der Waals surface area contributed by atoms with Gasteiger partial charge in [0.25, 0.3) is 0 Å². The molecule has 0 fully saturated rings. The Morgan fingerprint density at radius 1 is 1.24 bits per heavy atom. The van der Waals surface area contributed by atoms with E-state index in [9.17, 15) is 0 Å². The van der Waals surface area contributed by atoms with Crippen molar-refractivity contribution in [1.29, 1.82) is 0 Å². The van der Waals surface area contributed by atoms with Gasteiger partial charge in [0.1, 0.15) is 5.75 Å². The average molecular weight is 235 g/mol. The molecule has 0 heterocycles. The van der Waals surface area contributed by atoms with Crippen LogP contribution in [-0.4, -0.2) is 12.6 Å². The molecule has 17 heavy (non-hydrogen) atoms. The van der Waals surface area contributed by atoms with E-state index >= 15 is 0 Å². The number of hydrogen-bond donors (Lipinski definition) is 1. The van der Waals surface area contributed by atoms with E-state index in [2.05, 4.69) is 44.3 Å². The highest BCUT2D eigenvalue weighted by atomic mass is 16.5. The van der Waals surface area contributed by atoms with Crippen molar-refractivity contribution in [3.8, 4) is 5.75 Å². The van der Waals surface area contributed by atoms with E-state index in [4.69, 9.17) is 4.74 Å². The van der Waals surface area contributed by atoms with Gasteiger partial charge in [0, 0.05) is 12.6 Å². The summed E-state index contributed by atoms with van der Waals surface area (Å²) in [5, 5.41) is 3.60. The van der Waals surface area contributed by atoms with E-state index in [1.807, 2.05) is 13.0 Å². The van der Waals surface area contributed by atoms with Gasteiger partial charge < -0.3 is 10.1 Å². The van der Waals surface area contributed by atoms with E-state index in [0.717, 1.165) is 18.9 Å². The Bertz CT molecular complexity index is 322. The summed E-state index contributed by atoms with van der Waals surface area (Å²) in [4.78, 5) is 0. The molecule has 0 saturated carbocycles. The highest BCUT2D eigenvalue weighted by Gasteiger charge is 2.09. The van der Waals surface area contributed by atoms with Gasteiger partial charge in [-0.15, -0.1) is 0 Å². The first-order valence-electron chi connectivity index (χ1n) is 6.62. The van der Waals surface area contributed by atoms with Gasteiger partial charge in [-0.1, -0.05) is 32.9 Å². The van der Waals surface area contributed by atoms with Gasteiger partial charge in [-0.2, -0.15) is 0 Å². The highest BCUT2D eigenvalue weighted by molar-refractivity contribution is 5.28. The lowest BCUT2D eigenvalue weighted by atomic mass is 10.0. The SMILES string of the molecule is CCOc1cccc(CNC(CC)C(C)C)c1. The quantitative estimate of drug-likeness (QED) is 0.779. The first kappa shape index (κ1) is 14.0. The Morgan fingerprint density at radius 2 is 2.00 bits per heavy atom. The van der Waals surface area contributed by atoms with Crippen LogP contribution in [0.25, 0.3) is 0 Å². The molecule has 0 saturated heterocycles. The molecule has 1 N–H and O–H groups in total. The maximum Gasteiger partial charge on any atom is 0.119 e. The predicted molar refractivity (Wildman–Crippen MR) is 73.4 cm³/mol. The Balaban J connectivity index is 2.53. The topological polar surface area (TPSA) is 21.3 Å². The zero-order valence-corrected chi connectivity index (χ0v) is 11.5. The van der Waals surface area contributed by atoms with E-state index in [1.54, 1.807) is 0 Å². The van der Waals surface area contributed by atoms with Crippen LogP contribution in [0, 0.1) is 5.92 Å². The van der Waals surface area contributed by atoms with Crippen LogP contribution in [0.1, 0.15) is 39.7 Å². The Kier molecular flexibility index (Phi) is 6.06. The van der Waals surface area contributed by atoms with Crippen molar-refractivity contribution in [2.24, 2.45) is 5.92 Å². The van der Waals surface area contributed by atoms with E-state index in [1.165, 1.54) is 12.0 Å². The standard InChI is InChI=1S/C15H25NO/c1-5-15(12(3)4)16-11-13-8-7-9-14(10-13)17-6-2/h7-10,12,15-16H,5-6,11H2,1-4H3. The van der Waals surface area contributed by atoms with Crippen LogP contribution in [0.15, 0.2) is 24.3 Å². The molecule has 2 nitrogen and oxygen atoms in total. The summed E-state index contributed by atoms with van der Waals surface area (Å²) in [5.41, 5.74) is 1.29. The first-order valence-corrected chi connectivity index (χ1v) is 6.62. The summed E-state index contributed by atoms with van der Waals surface area (Å²) in [6.07, 6.45) is 1.17. The van der Waals surface area contributed by atoms with Crippen molar-refractivity contribution >= 4 is 0 Å². The van der Waals surface area contributed by atoms with Gasteiger partial charge in [0.05, 0.1) is 6.61 Å². The number of ether oxygens (including phenoxy) is 1. The van der Waals surface area contributed by atoms with Crippen molar-refractivity contribution in [2.75, 3.05) is 6.61 Å². The Morgan fingerprint density at radius 3 is 2.59 bits per heavy atom. The van der Waals surface area contributed by atoms with Crippen LogP contribution in [0.2, 0.25) is 0 Å². The second-order valence-electron chi connectivity index (χ2n) is 4.72. The van der Waals surface area contributed by atoms with Gasteiger partial charge in [-0.05, 0) is 37.0 Å². The molecule has 1 rings (SSSR count). The molecule has 2 heteroatoms. The summed E-state index contributed by atoms with van der Waals surface area (Å²) in [5.74, 6) is 1.64. The second kappa shape index (κ2) is 7.33. The fourth-order valence-corrected chi connectivity index (χ4v) is 2.01. The van der Waals surface area contributed by atoms with Gasteiger partial charge in [0.2, 0.25) is 0 Å². The van der Waals surface area contributed by atoms with Crippen LogP contribution in [-0.2, 0) is 6.54 Å². The molecule has 0 aliphatic rings. The zero-order valence-electron chi connectivity index (χ0n) is 11.5. The lowest BCUT2D eigenvalue weighted by Crippen LogP contribution is -2.32. The van der Waals surface area contributed by atoms with Gasteiger partial charge in [-0.3, -0.25) is 0 Å². The van der Waals surface area contributed by atoms with E-state index in [0.29, 0.717) is 12.0 Å². The Labute approximate surface area is 105 Å². The molecular formula is C15H25NO. The molecule has 0 bridgehead atoms. The van der Waals surface area contributed by atoms with Crippen molar-refractivity contribution < 1.29 is 4.74 Å². The third-order valence-corrected chi connectivity index (χ3v) is 3.02. The van der Waals surface area contributed by atoms with Crippen LogP contribution in [0.4, 0.5) is 0 Å². The number of hydrogen-bond acceptors (Lipinski definition) is 2. The zero-order chi connectivity index (χ0) is 12.7. The first-order chi connectivity index (χ1) is 8.17. The third kappa shape index (κ3) is 4.78. The normalized spacial score (nSPS) is 12.8. The average Bonchev–Trinajstić information content (AvgIpc) is 2.30. The molecule has 0 radical (unpaired) electrons.